The summed E-state index contributed by atoms with van der Waals surface area (Å²) in [7, 11) is 0. The van der Waals surface area contributed by atoms with Crippen molar-refractivity contribution in [1.29, 1.82) is 0 Å². The standard InChI is InChI=1S/C19H16Cl2N4/c1-12-11-13-5-2-3-8-16(13)25(12)19-22-10-9-17(24-19)23-15-7-4-6-14(20)18(15)21/h2-10,12H,11H2,1H3,(H,22,23,24). The molecule has 1 aromatic heterocycles. The third-order valence-corrected chi connectivity index (χ3v) is 5.10. The number of benzene rings is 2. The summed E-state index contributed by atoms with van der Waals surface area (Å²) in [6, 6.07) is 15.9. The van der Waals surface area contributed by atoms with Gasteiger partial charge in [0, 0.05) is 17.9 Å². The van der Waals surface area contributed by atoms with Crippen LogP contribution in [-0.4, -0.2) is 16.0 Å². The summed E-state index contributed by atoms with van der Waals surface area (Å²) in [6.45, 7) is 2.18. The summed E-state index contributed by atoms with van der Waals surface area (Å²) in [5, 5.41) is 4.20. The molecule has 1 N–H and O–H groups in total. The van der Waals surface area contributed by atoms with E-state index in [0.717, 1.165) is 12.1 Å². The van der Waals surface area contributed by atoms with E-state index in [-0.39, 0.29) is 0 Å². The van der Waals surface area contributed by atoms with Gasteiger partial charge in [0.25, 0.3) is 0 Å². The van der Waals surface area contributed by atoms with Crippen LogP contribution >= 0.6 is 23.2 Å². The smallest absolute Gasteiger partial charge is 0.232 e. The number of para-hydroxylation sites is 1. The van der Waals surface area contributed by atoms with Crippen LogP contribution in [0, 0.1) is 0 Å². The molecule has 1 aliphatic rings. The Morgan fingerprint density at radius 2 is 1.92 bits per heavy atom. The molecule has 25 heavy (non-hydrogen) atoms. The number of halogens is 2. The fraction of sp³-hybridized carbons (Fsp3) is 0.158. The summed E-state index contributed by atoms with van der Waals surface area (Å²) in [4.78, 5) is 11.3. The van der Waals surface area contributed by atoms with Gasteiger partial charge in [-0.25, -0.2) is 4.98 Å². The highest BCUT2D eigenvalue weighted by molar-refractivity contribution is 6.43. The minimum atomic E-state index is 0.308. The zero-order chi connectivity index (χ0) is 17.4. The Balaban J connectivity index is 1.67. The van der Waals surface area contributed by atoms with Gasteiger partial charge in [0.05, 0.1) is 15.7 Å². The van der Waals surface area contributed by atoms with Crippen molar-refractivity contribution in [3.05, 3.63) is 70.3 Å². The lowest BCUT2D eigenvalue weighted by molar-refractivity contribution is 0.740. The molecule has 0 fully saturated rings. The first kappa shape index (κ1) is 16.2. The van der Waals surface area contributed by atoms with Crippen molar-refractivity contribution in [3.8, 4) is 0 Å². The Morgan fingerprint density at radius 3 is 2.80 bits per heavy atom. The molecular weight excluding hydrogens is 355 g/mol. The zero-order valence-corrected chi connectivity index (χ0v) is 15.1. The SMILES string of the molecule is CC1Cc2ccccc2N1c1nccc(Nc2cccc(Cl)c2Cl)n1. The molecule has 0 radical (unpaired) electrons. The van der Waals surface area contributed by atoms with Gasteiger partial charge in [-0.2, -0.15) is 4.98 Å². The van der Waals surface area contributed by atoms with Crippen molar-refractivity contribution in [1.82, 2.24) is 9.97 Å². The molecule has 6 heteroatoms. The van der Waals surface area contributed by atoms with Gasteiger partial charge >= 0.3 is 0 Å². The van der Waals surface area contributed by atoms with Gasteiger partial charge in [-0.05, 0) is 43.2 Å². The molecule has 4 nitrogen and oxygen atoms in total. The predicted octanol–water partition coefficient (Wildman–Crippen LogP) is 5.61. The lowest BCUT2D eigenvalue weighted by Crippen LogP contribution is -2.25. The summed E-state index contributed by atoms with van der Waals surface area (Å²) in [5.41, 5.74) is 3.19. The number of nitrogens with one attached hydrogen (secondary N) is 1. The molecule has 0 spiro atoms. The van der Waals surface area contributed by atoms with Crippen LogP contribution in [0.5, 0.6) is 0 Å². The van der Waals surface area contributed by atoms with Crippen LogP contribution in [0.3, 0.4) is 0 Å². The van der Waals surface area contributed by atoms with E-state index in [2.05, 4.69) is 45.3 Å². The largest absolute Gasteiger partial charge is 0.339 e. The van der Waals surface area contributed by atoms with Crippen molar-refractivity contribution in [2.45, 2.75) is 19.4 Å². The van der Waals surface area contributed by atoms with Crippen molar-refractivity contribution >= 4 is 46.3 Å². The van der Waals surface area contributed by atoms with E-state index >= 15 is 0 Å². The Hall–Kier alpha value is -2.30. The Kier molecular flexibility index (Phi) is 4.24. The number of hydrogen-bond donors (Lipinski definition) is 1. The van der Waals surface area contributed by atoms with Crippen LogP contribution in [0.25, 0.3) is 0 Å². The molecule has 4 rings (SSSR count). The van der Waals surface area contributed by atoms with Gasteiger partial charge < -0.3 is 10.2 Å². The summed E-state index contributed by atoms with van der Waals surface area (Å²) < 4.78 is 0. The normalized spacial score (nSPS) is 16.0. The number of anilines is 4. The van der Waals surface area contributed by atoms with Gasteiger partial charge in [0.15, 0.2) is 0 Å². The first-order valence-electron chi connectivity index (χ1n) is 8.04. The van der Waals surface area contributed by atoms with Crippen LogP contribution in [0.1, 0.15) is 12.5 Å². The average molecular weight is 371 g/mol. The molecular formula is C19H16Cl2N4. The van der Waals surface area contributed by atoms with Crippen LogP contribution in [0.2, 0.25) is 10.0 Å². The highest BCUT2D eigenvalue weighted by Gasteiger charge is 2.28. The second kappa shape index (κ2) is 6.54. The minimum absolute atomic E-state index is 0.308. The van der Waals surface area contributed by atoms with Crippen LogP contribution in [0.4, 0.5) is 23.1 Å². The van der Waals surface area contributed by atoms with Crippen LogP contribution in [-0.2, 0) is 6.42 Å². The average Bonchev–Trinajstić information content (AvgIpc) is 2.95. The van der Waals surface area contributed by atoms with E-state index in [1.54, 1.807) is 12.3 Å². The second-order valence-electron chi connectivity index (χ2n) is 6.02. The van der Waals surface area contributed by atoms with Gasteiger partial charge in [-0.1, -0.05) is 47.5 Å². The first-order valence-corrected chi connectivity index (χ1v) is 8.80. The van der Waals surface area contributed by atoms with Crippen LogP contribution < -0.4 is 10.2 Å². The lowest BCUT2D eigenvalue weighted by atomic mass is 10.1. The molecule has 0 saturated carbocycles. The summed E-state index contributed by atoms with van der Waals surface area (Å²) in [5.74, 6) is 1.34. The minimum Gasteiger partial charge on any atom is -0.339 e. The number of rotatable bonds is 3. The number of fused-ring (bicyclic) bond motifs is 1. The topological polar surface area (TPSA) is 41.1 Å². The van der Waals surface area contributed by atoms with Gasteiger partial charge in [-0.15, -0.1) is 0 Å². The third-order valence-electron chi connectivity index (χ3n) is 4.28. The van der Waals surface area contributed by atoms with Crippen molar-refractivity contribution in [2.24, 2.45) is 0 Å². The Labute approximate surface area is 156 Å². The van der Waals surface area contributed by atoms with E-state index in [1.807, 2.05) is 24.3 Å². The van der Waals surface area contributed by atoms with Crippen LogP contribution in [0.15, 0.2) is 54.7 Å². The maximum Gasteiger partial charge on any atom is 0.232 e. The number of hydrogen-bond acceptors (Lipinski definition) is 4. The van der Waals surface area contributed by atoms with E-state index in [0.29, 0.717) is 33.5 Å². The quantitative estimate of drug-likeness (QED) is 0.650. The maximum atomic E-state index is 6.25. The highest BCUT2D eigenvalue weighted by atomic mass is 35.5. The molecule has 0 bridgehead atoms. The molecule has 1 aliphatic heterocycles. The van der Waals surface area contributed by atoms with Crippen molar-refractivity contribution in [3.63, 3.8) is 0 Å². The molecule has 1 atom stereocenters. The third kappa shape index (κ3) is 3.03. The lowest BCUT2D eigenvalue weighted by Gasteiger charge is -2.23. The van der Waals surface area contributed by atoms with Gasteiger partial charge in [0.2, 0.25) is 5.95 Å². The first-order chi connectivity index (χ1) is 12.1. The molecule has 0 amide bonds. The van der Waals surface area contributed by atoms with E-state index in [1.165, 1.54) is 5.56 Å². The monoisotopic (exact) mass is 370 g/mol. The highest BCUT2D eigenvalue weighted by Crippen LogP contribution is 2.37. The zero-order valence-electron chi connectivity index (χ0n) is 13.6. The van der Waals surface area contributed by atoms with Gasteiger partial charge in [-0.3, -0.25) is 0 Å². The van der Waals surface area contributed by atoms with Crippen molar-refractivity contribution < 1.29 is 0 Å². The summed E-state index contributed by atoms with van der Waals surface area (Å²) >= 11 is 12.3. The predicted molar refractivity (Wildman–Crippen MR) is 104 cm³/mol. The molecule has 2 heterocycles. The molecule has 1 unspecified atom stereocenters. The fourth-order valence-corrected chi connectivity index (χ4v) is 3.49. The van der Waals surface area contributed by atoms with E-state index in [9.17, 15) is 0 Å². The molecule has 0 saturated heterocycles. The maximum absolute atomic E-state index is 6.25. The molecule has 126 valence electrons. The number of nitrogens with zero attached hydrogens (tertiary/aromatic N) is 3. The second-order valence-corrected chi connectivity index (χ2v) is 6.81. The Morgan fingerprint density at radius 1 is 1.08 bits per heavy atom. The summed E-state index contributed by atoms with van der Waals surface area (Å²) in [6.07, 6.45) is 2.73. The molecule has 2 aromatic carbocycles. The van der Waals surface area contributed by atoms with Gasteiger partial charge in [0.1, 0.15) is 5.82 Å². The van der Waals surface area contributed by atoms with E-state index in [4.69, 9.17) is 23.2 Å². The fourth-order valence-electron chi connectivity index (χ4n) is 3.14. The molecule has 3 aromatic rings. The van der Waals surface area contributed by atoms with E-state index < -0.39 is 0 Å². The Bertz CT molecular complexity index is 929. The molecule has 0 aliphatic carbocycles. The number of aromatic nitrogens is 2. The van der Waals surface area contributed by atoms with Crippen molar-refractivity contribution in [2.75, 3.05) is 10.2 Å².